The molecule has 1 heterocycles. The second-order valence-corrected chi connectivity index (χ2v) is 9.72. The summed E-state index contributed by atoms with van der Waals surface area (Å²) < 4.78 is 5.26. The van der Waals surface area contributed by atoms with E-state index in [9.17, 15) is 9.59 Å². The number of likely N-dealkylation sites (N-methyl/N-ethyl adjacent to an activating group) is 1. The Balaban J connectivity index is 1.32. The number of carbonyl (C=O) groups is 2. The number of aromatic nitrogens is 1. The number of amides is 2. The van der Waals surface area contributed by atoms with Gasteiger partial charge in [-0.3, -0.25) is 4.79 Å². The molecular weight excluding hydrogens is 440 g/mol. The number of pyridine rings is 1. The number of nitrogens with one attached hydrogen (secondary N) is 2. The summed E-state index contributed by atoms with van der Waals surface area (Å²) in [5.74, 6) is -0.148. The van der Waals surface area contributed by atoms with E-state index in [1.165, 1.54) is 5.56 Å². The second kappa shape index (κ2) is 12.3. The summed E-state index contributed by atoms with van der Waals surface area (Å²) in [5.41, 5.74) is 3.06. The number of ether oxygens (including phenoxy) is 1. The summed E-state index contributed by atoms with van der Waals surface area (Å²) in [7, 11) is 2.06. The number of fused-ring (bicyclic) bond motifs is 1. The van der Waals surface area contributed by atoms with Crippen molar-refractivity contribution >= 4 is 22.9 Å². The van der Waals surface area contributed by atoms with Crippen molar-refractivity contribution in [3.05, 3.63) is 77.5 Å². The Morgan fingerprint density at radius 3 is 2.37 bits per heavy atom. The molecule has 35 heavy (non-hydrogen) atoms. The van der Waals surface area contributed by atoms with Crippen LogP contribution in [0.25, 0.3) is 10.9 Å². The Hall–Kier alpha value is -3.45. The SMILES string of the molecule is CN(CCCc1ccc(CNC(=O)OC(C)(C)C)cc1)CCNC(=O)c1ccc2ccccc2n1. The topological polar surface area (TPSA) is 83.6 Å². The Bertz CT molecular complexity index is 1120. The van der Waals surface area contributed by atoms with E-state index in [0.717, 1.165) is 42.4 Å². The van der Waals surface area contributed by atoms with Crippen LogP contribution in [-0.2, 0) is 17.7 Å². The molecule has 3 rings (SSSR count). The summed E-state index contributed by atoms with van der Waals surface area (Å²) in [6, 6.07) is 19.7. The van der Waals surface area contributed by atoms with Gasteiger partial charge >= 0.3 is 6.09 Å². The van der Waals surface area contributed by atoms with Crippen molar-refractivity contribution in [3.8, 4) is 0 Å². The molecule has 2 amide bonds. The maximum atomic E-state index is 12.4. The van der Waals surface area contributed by atoms with Gasteiger partial charge in [0.1, 0.15) is 11.3 Å². The summed E-state index contributed by atoms with van der Waals surface area (Å²) in [6.07, 6.45) is 1.58. The zero-order chi connectivity index (χ0) is 25.3. The van der Waals surface area contributed by atoms with Crippen molar-refractivity contribution in [2.75, 3.05) is 26.7 Å². The van der Waals surface area contributed by atoms with Gasteiger partial charge in [0.05, 0.1) is 5.52 Å². The van der Waals surface area contributed by atoms with E-state index in [4.69, 9.17) is 4.74 Å². The average Bonchev–Trinajstić information content (AvgIpc) is 2.82. The largest absolute Gasteiger partial charge is 0.444 e. The molecule has 0 bridgehead atoms. The molecule has 0 atom stereocenters. The zero-order valence-corrected chi connectivity index (χ0v) is 21.1. The Morgan fingerprint density at radius 2 is 1.63 bits per heavy atom. The van der Waals surface area contributed by atoms with Crippen LogP contribution in [0, 0.1) is 0 Å². The number of rotatable bonds is 10. The lowest BCUT2D eigenvalue weighted by atomic mass is 10.1. The van der Waals surface area contributed by atoms with E-state index in [-0.39, 0.29) is 5.91 Å². The molecule has 0 saturated carbocycles. The number of carbonyl (C=O) groups excluding carboxylic acids is 2. The van der Waals surface area contributed by atoms with Gasteiger partial charge in [0.25, 0.3) is 5.91 Å². The first kappa shape index (κ1) is 26.2. The number of aryl methyl sites for hydroxylation is 1. The summed E-state index contributed by atoms with van der Waals surface area (Å²) >= 11 is 0. The molecule has 0 saturated heterocycles. The lowest BCUT2D eigenvalue weighted by molar-refractivity contribution is 0.0523. The number of benzene rings is 2. The molecule has 0 fully saturated rings. The number of nitrogens with zero attached hydrogens (tertiary/aromatic N) is 2. The summed E-state index contributed by atoms with van der Waals surface area (Å²) in [5, 5.41) is 6.76. The van der Waals surface area contributed by atoms with Crippen LogP contribution in [0.4, 0.5) is 4.79 Å². The first-order chi connectivity index (χ1) is 16.7. The third kappa shape index (κ3) is 9.02. The normalized spacial score (nSPS) is 11.5. The van der Waals surface area contributed by atoms with E-state index < -0.39 is 11.7 Å². The van der Waals surface area contributed by atoms with E-state index in [2.05, 4.69) is 39.7 Å². The molecule has 0 aliphatic carbocycles. The van der Waals surface area contributed by atoms with Crippen molar-refractivity contribution in [1.82, 2.24) is 20.5 Å². The molecule has 0 aliphatic heterocycles. The van der Waals surface area contributed by atoms with Crippen molar-refractivity contribution < 1.29 is 14.3 Å². The van der Waals surface area contributed by atoms with Gasteiger partial charge in [0.15, 0.2) is 0 Å². The quantitative estimate of drug-likeness (QED) is 0.448. The smallest absolute Gasteiger partial charge is 0.407 e. The van der Waals surface area contributed by atoms with E-state index >= 15 is 0 Å². The van der Waals surface area contributed by atoms with E-state index in [1.54, 1.807) is 6.07 Å². The molecule has 2 aromatic carbocycles. The molecule has 0 spiro atoms. The molecule has 1 aromatic heterocycles. The first-order valence-corrected chi connectivity index (χ1v) is 12.1. The molecule has 0 unspecified atom stereocenters. The zero-order valence-electron chi connectivity index (χ0n) is 21.1. The van der Waals surface area contributed by atoms with Crippen molar-refractivity contribution in [1.29, 1.82) is 0 Å². The van der Waals surface area contributed by atoms with E-state index in [0.29, 0.717) is 18.8 Å². The second-order valence-electron chi connectivity index (χ2n) is 9.72. The van der Waals surface area contributed by atoms with Gasteiger partial charge < -0.3 is 20.3 Å². The molecule has 7 heteroatoms. The van der Waals surface area contributed by atoms with Crippen molar-refractivity contribution in [3.63, 3.8) is 0 Å². The fraction of sp³-hybridized carbons (Fsp3) is 0.393. The monoisotopic (exact) mass is 476 g/mol. The van der Waals surface area contributed by atoms with Gasteiger partial charge in [-0.25, -0.2) is 9.78 Å². The number of hydrogen-bond donors (Lipinski definition) is 2. The van der Waals surface area contributed by atoms with Gasteiger partial charge in [-0.2, -0.15) is 0 Å². The van der Waals surface area contributed by atoms with Crippen LogP contribution in [0.15, 0.2) is 60.7 Å². The highest BCUT2D eigenvalue weighted by Crippen LogP contribution is 2.12. The van der Waals surface area contributed by atoms with Gasteiger partial charge in [-0.05, 0) is 70.5 Å². The lowest BCUT2D eigenvalue weighted by Gasteiger charge is -2.19. The van der Waals surface area contributed by atoms with E-state index in [1.807, 2.05) is 63.2 Å². The van der Waals surface area contributed by atoms with Crippen LogP contribution < -0.4 is 10.6 Å². The van der Waals surface area contributed by atoms with Crippen molar-refractivity contribution in [2.45, 2.75) is 45.8 Å². The van der Waals surface area contributed by atoms with Crippen LogP contribution in [0.5, 0.6) is 0 Å². The minimum atomic E-state index is -0.499. The number of para-hydroxylation sites is 1. The maximum absolute atomic E-state index is 12.4. The molecule has 7 nitrogen and oxygen atoms in total. The maximum Gasteiger partial charge on any atom is 0.407 e. The van der Waals surface area contributed by atoms with Crippen LogP contribution in [-0.4, -0.2) is 54.2 Å². The summed E-state index contributed by atoms with van der Waals surface area (Å²) in [6.45, 7) is 8.26. The minimum absolute atomic E-state index is 0.148. The number of hydrogen-bond acceptors (Lipinski definition) is 5. The molecule has 3 aromatic rings. The fourth-order valence-corrected chi connectivity index (χ4v) is 3.62. The molecule has 186 valence electrons. The molecular formula is C28H36N4O3. The minimum Gasteiger partial charge on any atom is -0.444 e. The number of alkyl carbamates (subject to hydrolysis) is 1. The summed E-state index contributed by atoms with van der Waals surface area (Å²) in [4.78, 5) is 30.9. The predicted molar refractivity (Wildman–Crippen MR) is 139 cm³/mol. The molecule has 0 aliphatic rings. The Morgan fingerprint density at radius 1 is 0.914 bits per heavy atom. The molecule has 0 radical (unpaired) electrons. The van der Waals surface area contributed by atoms with Gasteiger partial charge in [-0.15, -0.1) is 0 Å². The van der Waals surface area contributed by atoms with Gasteiger partial charge in [0.2, 0.25) is 0 Å². The Kier molecular flexibility index (Phi) is 9.20. The van der Waals surface area contributed by atoms with Crippen molar-refractivity contribution in [2.24, 2.45) is 0 Å². The van der Waals surface area contributed by atoms with Crippen LogP contribution in [0.2, 0.25) is 0 Å². The molecule has 2 N–H and O–H groups in total. The highest BCUT2D eigenvalue weighted by atomic mass is 16.6. The highest BCUT2D eigenvalue weighted by molar-refractivity contribution is 5.94. The fourth-order valence-electron chi connectivity index (χ4n) is 3.62. The average molecular weight is 477 g/mol. The first-order valence-electron chi connectivity index (χ1n) is 12.1. The Labute approximate surface area is 207 Å². The van der Waals surface area contributed by atoms with Crippen LogP contribution in [0.1, 0.15) is 48.8 Å². The van der Waals surface area contributed by atoms with Crippen LogP contribution in [0.3, 0.4) is 0 Å². The predicted octanol–water partition coefficient (Wildman–Crippen LogP) is 4.55. The van der Waals surface area contributed by atoms with Gasteiger partial charge in [-0.1, -0.05) is 48.5 Å². The van der Waals surface area contributed by atoms with Gasteiger partial charge in [0, 0.05) is 25.0 Å². The van der Waals surface area contributed by atoms with Crippen LogP contribution >= 0.6 is 0 Å². The third-order valence-electron chi connectivity index (χ3n) is 5.47. The highest BCUT2D eigenvalue weighted by Gasteiger charge is 2.15. The lowest BCUT2D eigenvalue weighted by Crippen LogP contribution is -2.33. The standard InChI is InChI=1S/C28H36N4O3/c1-28(2,3)35-27(34)30-20-22-13-11-21(12-14-22)8-7-18-32(4)19-17-29-26(33)25-16-15-23-9-5-6-10-24(23)31-25/h5-6,9-16H,7-8,17-20H2,1-4H3,(H,29,33)(H,30,34). The third-order valence-corrected chi connectivity index (χ3v) is 5.47.